The molecule has 0 unspecified atom stereocenters. The number of aromatic nitrogens is 3. The first-order valence-electron chi connectivity index (χ1n) is 10.0. The normalized spacial score (nSPS) is 11.2. The van der Waals surface area contributed by atoms with Gasteiger partial charge >= 0.3 is 0 Å². The zero-order chi connectivity index (χ0) is 21.9. The number of Topliss-reactive ketones (excluding diaryl/α,β-unsaturated/α-hetero) is 1. The molecule has 2 aromatic heterocycles. The van der Waals surface area contributed by atoms with Gasteiger partial charge in [0.05, 0.1) is 11.0 Å². The van der Waals surface area contributed by atoms with E-state index in [1.807, 2.05) is 69.3 Å². The molecule has 0 atom stereocenters. The number of hydrogen-bond acceptors (Lipinski definition) is 5. The Labute approximate surface area is 176 Å². The number of hydrogen-bond donors (Lipinski definition) is 2. The van der Waals surface area contributed by atoms with Crippen molar-refractivity contribution in [1.82, 2.24) is 15.1 Å². The minimum absolute atomic E-state index is 0.142. The number of nitrogens with two attached hydrogens (primary N) is 1. The Morgan fingerprint density at radius 3 is 2.47 bits per heavy atom. The highest BCUT2D eigenvalue weighted by atomic mass is 16.5. The molecule has 2 aromatic carbocycles. The van der Waals surface area contributed by atoms with Gasteiger partial charge in [0.1, 0.15) is 17.2 Å². The molecule has 0 aliphatic heterocycles. The summed E-state index contributed by atoms with van der Waals surface area (Å²) in [6.07, 6.45) is 0.889. The van der Waals surface area contributed by atoms with Crippen LogP contribution in [0.4, 0.5) is 5.95 Å². The fourth-order valence-corrected chi connectivity index (χ4v) is 3.27. The third-order valence-electron chi connectivity index (χ3n) is 5.38. The lowest BCUT2D eigenvalue weighted by Gasteiger charge is -2.23. The molecule has 3 N–H and O–H groups in total. The summed E-state index contributed by atoms with van der Waals surface area (Å²) in [5.41, 5.74) is 10.9. The van der Waals surface area contributed by atoms with E-state index in [2.05, 4.69) is 22.0 Å². The highest BCUT2D eigenvalue weighted by Crippen LogP contribution is 2.30. The van der Waals surface area contributed by atoms with E-state index >= 15 is 0 Å². The zero-order valence-electron chi connectivity index (χ0n) is 18.1. The second kappa shape index (κ2) is 8.53. The quantitative estimate of drug-likeness (QED) is 0.486. The number of aromatic amines is 1. The van der Waals surface area contributed by atoms with Crippen molar-refractivity contribution in [2.24, 2.45) is 0 Å². The number of carbonyl (C=O) groups is 1. The molecule has 0 fully saturated rings. The van der Waals surface area contributed by atoms with Crippen molar-refractivity contribution >= 4 is 22.8 Å². The first-order chi connectivity index (χ1) is 14.2. The van der Waals surface area contributed by atoms with E-state index in [0.29, 0.717) is 5.95 Å². The summed E-state index contributed by atoms with van der Waals surface area (Å²) in [5.74, 6) is 1.47. The Morgan fingerprint density at radius 1 is 1.17 bits per heavy atom. The van der Waals surface area contributed by atoms with Crippen LogP contribution in [-0.2, 0) is 16.6 Å². The molecule has 0 aliphatic carbocycles. The van der Waals surface area contributed by atoms with Gasteiger partial charge in [-0.3, -0.25) is 4.79 Å². The van der Waals surface area contributed by atoms with Gasteiger partial charge < -0.3 is 15.2 Å². The fourth-order valence-electron chi connectivity index (χ4n) is 3.27. The number of benzene rings is 2. The summed E-state index contributed by atoms with van der Waals surface area (Å²) in [5, 5.41) is 3.98. The van der Waals surface area contributed by atoms with Crippen LogP contribution in [0, 0.1) is 6.92 Å². The summed E-state index contributed by atoms with van der Waals surface area (Å²) < 4.78 is 5.12. The Hall–Kier alpha value is -3.41. The number of fused-ring (bicyclic) bond motifs is 1. The molecule has 30 heavy (non-hydrogen) atoms. The molecule has 0 saturated heterocycles. The highest BCUT2D eigenvalue weighted by molar-refractivity contribution is 5.89. The summed E-state index contributed by atoms with van der Waals surface area (Å²) in [7, 11) is 0. The third-order valence-corrected chi connectivity index (χ3v) is 5.38. The number of carbonyl (C=O) groups excluding carboxylic acids is 1. The second-order valence-corrected chi connectivity index (χ2v) is 7.89. The number of rotatable bonds is 4. The monoisotopic (exact) mass is 404 g/mol. The number of H-pyrrole nitrogens is 1. The van der Waals surface area contributed by atoms with Gasteiger partial charge in [-0.25, -0.2) is 4.98 Å². The number of ketones is 1. The van der Waals surface area contributed by atoms with Gasteiger partial charge in [-0.1, -0.05) is 42.4 Å². The summed E-state index contributed by atoms with van der Waals surface area (Å²) in [6.45, 7) is 9.52. The highest BCUT2D eigenvalue weighted by Gasteiger charge is 2.28. The van der Waals surface area contributed by atoms with E-state index in [1.54, 1.807) is 6.92 Å². The van der Waals surface area contributed by atoms with Crippen LogP contribution in [0.2, 0.25) is 0 Å². The van der Waals surface area contributed by atoms with Crippen LogP contribution in [0.15, 0.2) is 53.1 Å². The molecule has 156 valence electrons. The van der Waals surface area contributed by atoms with Crippen LogP contribution in [0.5, 0.6) is 0 Å². The van der Waals surface area contributed by atoms with Crippen molar-refractivity contribution in [2.75, 3.05) is 5.73 Å². The molecule has 0 spiro atoms. The third kappa shape index (κ3) is 4.43. The lowest BCUT2D eigenvalue weighted by Crippen LogP contribution is -2.27. The molecule has 0 radical (unpaired) electrons. The van der Waals surface area contributed by atoms with Crippen LogP contribution in [0.1, 0.15) is 44.6 Å². The average Bonchev–Trinajstić information content (AvgIpc) is 3.33. The van der Waals surface area contributed by atoms with Gasteiger partial charge in [0.15, 0.2) is 5.95 Å². The molecule has 2 heterocycles. The molecule has 6 heteroatoms. The largest absolute Gasteiger partial charge is 0.369 e. The van der Waals surface area contributed by atoms with Gasteiger partial charge in [-0.05, 0) is 51.0 Å². The van der Waals surface area contributed by atoms with Crippen molar-refractivity contribution in [3.05, 3.63) is 65.4 Å². The molecule has 4 aromatic rings. The molecule has 6 nitrogen and oxygen atoms in total. The molecule has 0 amide bonds. The summed E-state index contributed by atoms with van der Waals surface area (Å²) in [6, 6.07) is 15.9. The maximum atomic E-state index is 11.7. The second-order valence-electron chi connectivity index (χ2n) is 7.89. The predicted octanol–water partition coefficient (Wildman–Crippen LogP) is 5.22. The van der Waals surface area contributed by atoms with Gasteiger partial charge in [0.25, 0.3) is 0 Å². The maximum Gasteiger partial charge on any atom is 0.198 e. The minimum Gasteiger partial charge on any atom is -0.369 e. The maximum absolute atomic E-state index is 11.7. The van der Waals surface area contributed by atoms with Crippen LogP contribution in [0.3, 0.4) is 0 Å². The lowest BCUT2D eigenvalue weighted by molar-refractivity contribution is -0.121. The Kier molecular flexibility index (Phi) is 6.06. The van der Waals surface area contributed by atoms with E-state index < -0.39 is 5.41 Å². The van der Waals surface area contributed by atoms with Crippen molar-refractivity contribution in [2.45, 2.75) is 46.5 Å². The minimum atomic E-state index is -0.494. The van der Waals surface area contributed by atoms with Crippen LogP contribution >= 0.6 is 0 Å². The first kappa shape index (κ1) is 21.3. The van der Waals surface area contributed by atoms with Gasteiger partial charge in [0.2, 0.25) is 0 Å². The lowest BCUT2D eigenvalue weighted by atomic mass is 9.79. The van der Waals surface area contributed by atoms with Gasteiger partial charge in [-0.15, -0.1) is 0 Å². The predicted molar refractivity (Wildman–Crippen MR) is 120 cm³/mol. The number of nitrogens with one attached hydrogen (secondary N) is 1. The number of nitrogen functional groups attached to an aromatic ring is 1. The van der Waals surface area contributed by atoms with Crippen LogP contribution < -0.4 is 5.73 Å². The van der Waals surface area contributed by atoms with E-state index in [1.165, 1.54) is 0 Å². The van der Waals surface area contributed by atoms with E-state index in [9.17, 15) is 4.79 Å². The van der Waals surface area contributed by atoms with E-state index in [4.69, 9.17) is 10.3 Å². The van der Waals surface area contributed by atoms with Crippen molar-refractivity contribution in [3.63, 3.8) is 0 Å². The first-order valence-corrected chi connectivity index (χ1v) is 10.0. The Bertz CT molecular complexity index is 1160. The molecular formula is C24H28N4O2. The summed E-state index contributed by atoms with van der Waals surface area (Å²) >= 11 is 0. The SMILES string of the molecule is CC(=O)C(C)(C)c1cc2nc(N)[nH]c2cc1C.CCc1cc(-c2ccccc2)no1. The van der Waals surface area contributed by atoms with E-state index in [-0.39, 0.29) is 5.78 Å². The number of aryl methyl sites for hydroxylation is 2. The van der Waals surface area contributed by atoms with Crippen LogP contribution in [0.25, 0.3) is 22.3 Å². The molecule has 0 saturated carbocycles. The van der Waals surface area contributed by atoms with Gasteiger partial charge in [-0.2, -0.15) is 0 Å². The molecule has 0 bridgehead atoms. The van der Waals surface area contributed by atoms with E-state index in [0.717, 1.165) is 45.6 Å². The topological polar surface area (TPSA) is 97.8 Å². The van der Waals surface area contributed by atoms with Crippen LogP contribution in [-0.4, -0.2) is 20.9 Å². The Balaban J connectivity index is 0.000000177. The molecule has 4 rings (SSSR count). The van der Waals surface area contributed by atoms with Crippen molar-refractivity contribution < 1.29 is 9.32 Å². The number of anilines is 1. The van der Waals surface area contributed by atoms with Crippen molar-refractivity contribution in [1.29, 1.82) is 0 Å². The standard InChI is InChI=1S/C13H17N3O.C11H11NO/c1-7-5-10-11(16-12(14)15-10)6-9(7)13(3,4)8(2)17;1-2-10-8-11(12-13-10)9-6-4-3-5-7-9/h5-6H,1-4H3,(H3,14,15,16);3-8H,2H2,1H3. The van der Waals surface area contributed by atoms with Gasteiger partial charge in [0, 0.05) is 23.5 Å². The number of nitrogens with zero attached hydrogens (tertiary/aromatic N) is 2. The molecular weight excluding hydrogens is 376 g/mol. The molecule has 0 aliphatic rings. The Morgan fingerprint density at radius 2 is 1.87 bits per heavy atom. The zero-order valence-corrected chi connectivity index (χ0v) is 18.1. The van der Waals surface area contributed by atoms with Crippen molar-refractivity contribution in [3.8, 4) is 11.3 Å². The fraction of sp³-hybridized carbons (Fsp3) is 0.292. The number of imidazole rings is 1. The smallest absolute Gasteiger partial charge is 0.198 e. The average molecular weight is 405 g/mol. The summed E-state index contributed by atoms with van der Waals surface area (Å²) in [4.78, 5) is 18.9.